The largest absolute Gasteiger partial charge is 0.428 e. The van der Waals surface area contributed by atoms with Gasteiger partial charge in [-0.25, -0.2) is 0 Å². The van der Waals surface area contributed by atoms with Gasteiger partial charge in [-0.05, 0) is 12.8 Å². The fourth-order valence-electron chi connectivity index (χ4n) is 0.631. The Kier molecular flexibility index (Phi) is 6.91. The number of aliphatic hydroxyl groups excluding tert-OH is 1. The summed E-state index contributed by atoms with van der Waals surface area (Å²) < 4.78 is 8.92. The van der Waals surface area contributed by atoms with Crippen molar-refractivity contribution >= 4 is 11.9 Å². The van der Waals surface area contributed by atoms with E-state index in [9.17, 15) is 9.59 Å². The third-order valence-electron chi connectivity index (χ3n) is 1.27. The molecule has 0 atom stereocenters. The van der Waals surface area contributed by atoms with Crippen LogP contribution >= 0.6 is 0 Å². The Balaban J connectivity index is 3.25. The van der Waals surface area contributed by atoms with E-state index in [0.29, 0.717) is 12.8 Å². The summed E-state index contributed by atoms with van der Waals surface area (Å²) in [5.74, 6) is -0.905. The van der Waals surface area contributed by atoms with Crippen LogP contribution in [0.2, 0.25) is 0 Å². The molecule has 0 aromatic heterocycles. The Labute approximate surface area is 76.6 Å². The molecule has 0 aliphatic heterocycles. The van der Waals surface area contributed by atoms with Crippen LogP contribution in [0, 0.1) is 0 Å². The molecule has 0 fully saturated rings. The van der Waals surface area contributed by atoms with Gasteiger partial charge in [0.1, 0.15) is 0 Å². The van der Waals surface area contributed by atoms with Gasteiger partial charge >= 0.3 is 11.9 Å². The molecular formula is C8H14O5. The molecule has 0 aliphatic carbocycles. The Morgan fingerprint density at radius 1 is 1.23 bits per heavy atom. The first kappa shape index (κ1) is 11.9. The second-order valence-corrected chi connectivity index (χ2v) is 2.45. The molecule has 0 aliphatic rings. The lowest BCUT2D eigenvalue weighted by molar-refractivity contribution is -0.165. The third-order valence-corrected chi connectivity index (χ3v) is 1.27. The van der Waals surface area contributed by atoms with Crippen LogP contribution < -0.4 is 0 Å². The molecule has 0 heterocycles. The Morgan fingerprint density at radius 2 is 1.92 bits per heavy atom. The molecule has 0 aromatic rings. The molecule has 13 heavy (non-hydrogen) atoms. The summed E-state index contributed by atoms with van der Waals surface area (Å²) in [4.78, 5) is 21.0. The van der Waals surface area contributed by atoms with Crippen molar-refractivity contribution < 1.29 is 24.2 Å². The lowest BCUT2D eigenvalue weighted by Crippen LogP contribution is -2.10. The molecule has 5 nitrogen and oxygen atoms in total. The van der Waals surface area contributed by atoms with E-state index in [1.54, 1.807) is 0 Å². The zero-order chi connectivity index (χ0) is 10.1. The lowest BCUT2D eigenvalue weighted by Gasteiger charge is -2.03. The predicted molar refractivity (Wildman–Crippen MR) is 43.7 cm³/mol. The van der Waals surface area contributed by atoms with Crippen LogP contribution in [0.1, 0.15) is 26.2 Å². The quantitative estimate of drug-likeness (QED) is 0.368. The van der Waals surface area contributed by atoms with Gasteiger partial charge in [0.2, 0.25) is 6.79 Å². The molecule has 0 spiro atoms. The predicted octanol–water partition coefficient (Wildman–Crippen LogP) is 0.213. The number of aliphatic hydroxyl groups is 1. The minimum absolute atomic E-state index is 0.0667. The highest BCUT2D eigenvalue weighted by Crippen LogP contribution is 1.96. The van der Waals surface area contributed by atoms with Gasteiger partial charge in [-0.1, -0.05) is 0 Å². The number of ether oxygens (including phenoxy) is 2. The van der Waals surface area contributed by atoms with E-state index in [1.165, 1.54) is 6.92 Å². The molecule has 0 saturated heterocycles. The average molecular weight is 190 g/mol. The second kappa shape index (κ2) is 7.54. The van der Waals surface area contributed by atoms with Crippen LogP contribution in [0.25, 0.3) is 0 Å². The highest BCUT2D eigenvalue weighted by Gasteiger charge is 2.02. The molecule has 0 bridgehead atoms. The van der Waals surface area contributed by atoms with Gasteiger partial charge in [0.05, 0.1) is 0 Å². The minimum atomic E-state index is -0.483. The zero-order valence-electron chi connectivity index (χ0n) is 7.62. The average Bonchev–Trinajstić information content (AvgIpc) is 2.04. The van der Waals surface area contributed by atoms with E-state index in [2.05, 4.69) is 9.47 Å². The number of carbonyl (C=O) groups is 2. The van der Waals surface area contributed by atoms with E-state index in [4.69, 9.17) is 5.11 Å². The van der Waals surface area contributed by atoms with E-state index in [1.807, 2.05) is 0 Å². The summed E-state index contributed by atoms with van der Waals surface area (Å²) >= 11 is 0. The van der Waals surface area contributed by atoms with Crippen molar-refractivity contribution in [1.82, 2.24) is 0 Å². The summed E-state index contributed by atoms with van der Waals surface area (Å²) in [5, 5.41) is 8.41. The standard InChI is InChI=1S/C8H14O5/c1-7(10)12-6-13-8(11)4-2-3-5-9/h9H,2-6H2,1H3. The first-order chi connectivity index (χ1) is 6.16. The smallest absolute Gasteiger partial charge is 0.308 e. The second-order valence-electron chi connectivity index (χ2n) is 2.45. The molecule has 0 saturated carbocycles. The van der Waals surface area contributed by atoms with Crippen molar-refractivity contribution in [2.45, 2.75) is 26.2 Å². The van der Waals surface area contributed by atoms with Crippen molar-refractivity contribution in [2.75, 3.05) is 13.4 Å². The maximum absolute atomic E-state index is 10.8. The first-order valence-electron chi connectivity index (χ1n) is 4.06. The van der Waals surface area contributed by atoms with Gasteiger partial charge in [-0.3, -0.25) is 9.59 Å². The number of hydrogen-bond donors (Lipinski definition) is 1. The highest BCUT2D eigenvalue weighted by atomic mass is 16.7. The van der Waals surface area contributed by atoms with Crippen LogP contribution in [0.3, 0.4) is 0 Å². The number of carbonyl (C=O) groups excluding carboxylic acids is 2. The lowest BCUT2D eigenvalue weighted by atomic mass is 10.2. The van der Waals surface area contributed by atoms with Crippen molar-refractivity contribution in [3.63, 3.8) is 0 Å². The van der Waals surface area contributed by atoms with Gasteiger partial charge in [0, 0.05) is 20.0 Å². The summed E-state index contributed by atoms with van der Waals surface area (Å²) in [7, 11) is 0. The number of esters is 2. The van der Waals surface area contributed by atoms with Crippen LogP contribution in [-0.2, 0) is 19.1 Å². The molecule has 0 unspecified atom stereocenters. The summed E-state index contributed by atoms with van der Waals surface area (Å²) in [6, 6.07) is 0. The summed E-state index contributed by atoms with van der Waals surface area (Å²) in [6.45, 7) is 0.976. The van der Waals surface area contributed by atoms with Crippen LogP contribution in [0.5, 0.6) is 0 Å². The highest BCUT2D eigenvalue weighted by molar-refractivity contribution is 5.69. The fourth-order valence-corrected chi connectivity index (χ4v) is 0.631. The van der Waals surface area contributed by atoms with Crippen molar-refractivity contribution in [3.8, 4) is 0 Å². The van der Waals surface area contributed by atoms with E-state index >= 15 is 0 Å². The van der Waals surface area contributed by atoms with Crippen LogP contribution in [-0.4, -0.2) is 30.4 Å². The minimum Gasteiger partial charge on any atom is -0.428 e. The fraction of sp³-hybridized carbons (Fsp3) is 0.750. The Hall–Kier alpha value is -1.10. The number of unbranched alkanes of at least 4 members (excludes halogenated alkanes) is 1. The van der Waals surface area contributed by atoms with Crippen molar-refractivity contribution in [3.05, 3.63) is 0 Å². The van der Waals surface area contributed by atoms with Crippen LogP contribution in [0.4, 0.5) is 0 Å². The maximum atomic E-state index is 10.8. The van der Waals surface area contributed by atoms with Crippen LogP contribution in [0.15, 0.2) is 0 Å². The van der Waals surface area contributed by atoms with Gasteiger partial charge < -0.3 is 14.6 Å². The van der Waals surface area contributed by atoms with Gasteiger partial charge in [-0.15, -0.1) is 0 Å². The molecule has 0 radical (unpaired) electrons. The van der Waals surface area contributed by atoms with Gasteiger partial charge in [-0.2, -0.15) is 0 Å². The molecule has 76 valence electrons. The molecular weight excluding hydrogens is 176 g/mol. The van der Waals surface area contributed by atoms with Crippen molar-refractivity contribution in [2.24, 2.45) is 0 Å². The number of hydrogen-bond acceptors (Lipinski definition) is 5. The molecule has 0 amide bonds. The monoisotopic (exact) mass is 190 g/mol. The Bertz CT molecular complexity index is 166. The molecule has 0 aromatic carbocycles. The normalized spacial score (nSPS) is 9.38. The molecule has 5 heteroatoms. The van der Waals surface area contributed by atoms with Gasteiger partial charge in [0.25, 0.3) is 0 Å². The third kappa shape index (κ3) is 8.81. The summed E-state index contributed by atoms with van der Waals surface area (Å²) in [5.41, 5.74) is 0. The van der Waals surface area contributed by atoms with E-state index in [0.717, 1.165) is 0 Å². The molecule has 0 rings (SSSR count). The zero-order valence-corrected chi connectivity index (χ0v) is 7.62. The van der Waals surface area contributed by atoms with Crippen molar-refractivity contribution in [1.29, 1.82) is 0 Å². The molecule has 1 N–H and O–H groups in total. The first-order valence-corrected chi connectivity index (χ1v) is 4.06. The van der Waals surface area contributed by atoms with E-state index in [-0.39, 0.29) is 19.8 Å². The maximum Gasteiger partial charge on any atom is 0.308 e. The van der Waals surface area contributed by atoms with E-state index < -0.39 is 11.9 Å². The number of rotatable bonds is 6. The van der Waals surface area contributed by atoms with Gasteiger partial charge in [0.15, 0.2) is 0 Å². The SMILES string of the molecule is CC(=O)OCOC(=O)CCCCO. The Morgan fingerprint density at radius 3 is 2.46 bits per heavy atom. The topological polar surface area (TPSA) is 72.8 Å². The summed E-state index contributed by atoms with van der Waals surface area (Å²) in [6.07, 6.45) is 1.39.